The van der Waals surface area contributed by atoms with Crippen LogP contribution in [0.4, 0.5) is 0 Å². The Hall–Kier alpha value is -1.36. The van der Waals surface area contributed by atoms with E-state index in [-0.39, 0.29) is 11.4 Å². The van der Waals surface area contributed by atoms with Crippen molar-refractivity contribution in [3.63, 3.8) is 0 Å². The van der Waals surface area contributed by atoms with Gasteiger partial charge in [0.2, 0.25) is 0 Å². The average Bonchev–Trinajstić information content (AvgIpc) is 3.10. The van der Waals surface area contributed by atoms with Crippen LogP contribution in [0.3, 0.4) is 0 Å². The normalized spacial score (nSPS) is 22.4. The summed E-state index contributed by atoms with van der Waals surface area (Å²) in [4.78, 5) is 24.1. The van der Waals surface area contributed by atoms with Gasteiger partial charge in [-0.25, -0.2) is 4.98 Å². The van der Waals surface area contributed by atoms with Gasteiger partial charge in [0.15, 0.2) is 5.82 Å². The van der Waals surface area contributed by atoms with Gasteiger partial charge in [-0.3, -0.25) is 9.69 Å². The topological polar surface area (TPSA) is 52.2 Å². The molecule has 22 heavy (non-hydrogen) atoms. The van der Waals surface area contributed by atoms with Gasteiger partial charge in [0, 0.05) is 31.5 Å². The Kier molecular flexibility index (Phi) is 4.81. The largest absolute Gasteiger partial charge is 0.341 e. The van der Waals surface area contributed by atoms with Crippen molar-refractivity contribution in [2.24, 2.45) is 0 Å². The zero-order chi connectivity index (χ0) is 15.4. The number of aromatic nitrogens is 2. The Morgan fingerprint density at radius 2 is 1.91 bits per heavy atom. The number of hydrogen-bond acceptors (Lipinski definition) is 3. The van der Waals surface area contributed by atoms with Crippen molar-refractivity contribution in [3.8, 4) is 0 Å². The lowest BCUT2D eigenvalue weighted by Crippen LogP contribution is -2.58. The van der Waals surface area contributed by atoms with Crippen molar-refractivity contribution >= 4 is 5.91 Å². The van der Waals surface area contributed by atoms with E-state index in [1.807, 2.05) is 11.9 Å². The van der Waals surface area contributed by atoms with E-state index >= 15 is 0 Å². The minimum Gasteiger partial charge on any atom is -0.341 e. The van der Waals surface area contributed by atoms with Crippen LogP contribution < -0.4 is 0 Å². The number of aromatic amines is 1. The Bertz CT molecular complexity index is 473. The first-order chi connectivity index (χ1) is 10.7. The van der Waals surface area contributed by atoms with Crippen molar-refractivity contribution in [1.82, 2.24) is 19.8 Å². The molecule has 0 bridgehead atoms. The summed E-state index contributed by atoms with van der Waals surface area (Å²) in [6.45, 7) is 3.22. The highest BCUT2D eigenvalue weighted by Crippen LogP contribution is 2.36. The van der Waals surface area contributed by atoms with Gasteiger partial charge in [-0.15, -0.1) is 0 Å². The van der Waals surface area contributed by atoms with Gasteiger partial charge in [0.1, 0.15) is 0 Å². The number of likely N-dealkylation sites (N-methyl/N-ethyl adjacent to an activating group) is 1. The van der Waals surface area contributed by atoms with Gasteiger partial charge >= 0.3 is 0 Å². The fourth-order valence-electron chi connectivity index (χ4n) is 4.23. The number of hydrogen-bond donors (Lipinski definition) is 1. The minimum atomic E-state index is 0.00644. The third-order valence-electron chi connectivity index (χ3n) is 5.39. The second kappa shape index (κ2) is 6.82. The minimum absolute atomic E-state index is 0.00644. The van der Waals surface area contributed by atoms with Gasteiger partial charge < -0.3 is 9.88 Å². The molecule has 122 valence electrons. The quantitative estimate of drug-likeness (QED) is 0.930. The van der Waals surface area contributed by atoms with Crippen molar-refractivity contribution in [3.05, 3.63) is 18.2 Å². The summed E-state index contributed by atoms with van der Waals surface area (Å²) in [5, 5.41) is 0. The molecule has 1 saturated carbocycles. The fourth-order valence-corrected chi connectivity index (χ4v) is 4.23. The van der Waals surface area contributed by atoms with Gasteiger partial charge in [0.25, 0.3) is 5.91 Å². The monoisotopic (exact) mass is 304 g/mol. The van der Waals surface area contributed by atoms with Crippen LogP contribution in [0.2, 0.25) is 0 Å². The molecule has 0 aromatic carbocycles. The first-order valence-corrected chi connectivity index (χ1v) is 8.71. The molecule has 1 aromatic rings. The maximum absolute atomic E-state index is 12.5. The van der Waals surface area contributed by atoms with Gasteiger partial charge in [-0.2, -0.15) is 0 Å². The molecule has 3 rings (SSSR count). The third-order valence-corrected chi connectivity index (χ3v) is 5.39. The smallest absolute Gasteiger partial charge is 0.289 e. The number of nitrogens with one attached hydrogen (secondary N) is 1. The number of carbonyl (C=O) groups is 1. The van der Waals surface area contributed by atoms with Gasteiger partial charge in [0.05, 0.1) is 0 Å². The molecule has 2 heterocycles. The van der Waals surface area contributed by atoms with Crippen molar-refractivity contribution < 1.29 is 4.79 Å². The summed E-state index contributed by atoms with van der Waals surface area (Å²) in [5.41, 5.74) is 0.190. The van der Waals surface area contributed by atoms with Crippen molar-refractivity contribution in [2.45, 2.75) is 56.9 Å². The number of likely N-dealkylation sites (tertiary alicyclic amines) is 1. The maximum atomic E-state index is 12.5. The SMILES string of the molecule is CN(CC1(N2CCCCC2)CCCCC1)C(=O)c1ncc[nH]1. The maximum Gasteiger partial charge on any atom is 0.289 e. The van der Waals surface area contributed by atoms with Crippen molar-refractivity contribution in [1.29, 1.82) is 0 Å². The van der Waals surface area contributed by atoms with Crippen LogP contribution in [0.5, 0.6) is 0 Å². The summed E-state index contributed by atoms with van der Waals surface area (Å²) < 4.78 is 0. The highest BCUT2D eigenvalue weighted by molar-refractivity contribution is 5.90. The molecule has 0 atom stereocenters. The fraction of sp³-hybridized carbons (Fsp3) is 0.765. The molecule has 5 heteroatoms. The van der Waals surface area contributed by atoms with E-state index in [9.17, 15) is 4.79 Å². The Labute approximate surface area is 133 Å². The number of amides is 1. The Balaban J connectivity index is 1.73. The lowest BCUT2D eigenvalue weighted by Gasteiger charge is -2.49. The second-order valence-corrected chi connectivity index (χ2v) is 6.93. The molecule has 1 aliphatic carbocycles. The molecule has 1 aromatic heterocycles. The number of imidazole rings is 1. The van der Waals surface area contributed by atoms with E-state index in [4.69, 9.17) is 0 Å². The standard InChI is InChI=1S/C17H28N4O/c1-20(16(22)15-18-10-11-19-15)14-17(8-4-2-5-9-17)21-12-6-3-7-13-21/h10-11H,2-9,12-14H2,1H3,(H,18,19). The van der Waals surface area contributed by atoms with Crippen LogP contribution in [0, 0.1) is 0 Å². The molecule has 1 aliphatic heterocycles. The zero-order valence-electron chi connectivity index (χ0n) is 13.7. The summed E-state index contributed by atoms with van der Waals surface area (Å²) in [7, 11) is 1.92. The Morgan fingerprint density at radius 3 is 2.55 bits per heavy atom. The van der Waals surface area contributed by atoms with E-state index in [1.54, 1.807) is 12.4 Å². The highest BCUT2D eigenvalue weighted by Gasteiger charge is 2.40. The van der Waals surface area contributed by atoms with Crippen LogP contribution >= 0.6 is 0 Å². The van der Waals surface area contributed by atoms with Gasteiger partial charge in [-0.1, -0.05) is 25.7 Å². The first-order valence-electron chi connectivity index (χ1n) is 8.71. The molecule has 1 N–H and O–H groups in total. The highest BCUT2D eigenvalue weighted by atomic mass is 16.2. The predicted molar refractivity (Wildman–Crippen MR) is 86.8 cm³/mol. The number of carbonyl (C=O) groups excluding carboxylic acids is 1. The third kappa shape index (κ3) is 3.19. The van der Waals surface area contributed by atoms with E-state index in [0.29, 0.717) is 5.82 Å². The molecule has 5 nitrogen and oxygen atoms in total. The van der Waals surface area contributed by atoms with E-state index in [0.717, 1.165) is 6.54 Å². The van der Waals surface area contributed by atoms with Crippen LogP contribution in [0.25, 0.3) is 0 Å². The number of H-pyrrole nitrogens is 1. The van der Waals surface area contributed by atoms with E-state index in [1.165, 1.54) is 64.5 Å². The van der Waals surface area contributed by atoms with Crippen LogP contribution in [0.15, 0.2) is 12.4 Å². The summed E-state index contributed by atoms with van der Waals surface area (Å²) >= 11 is 0. The zero-order valence-corrected chi connectivity index (χ0v) is 13.7. The molecule has 0 unspecified atom stereocenters. The summed E-state index contributed by atoms with van der Waals surface area (Å²) in [6.07, 6.45) is 13.7. The number of rotatable bonds is 4. The molecule has 1 saturated heterocycles. The molecule has 1 amide bonds. The second-order valence-electron chi connectivity index (χ2n) is 6.93. The molecule has 2 aliphatic rings. The molecular formula is C17H28N4O. The van der Waals surface area contributed by atoms with Crippen LogP contribution in [0.1, 0.15) is 62.0 Å². The molecular weight excluding hydrogens is 276 g/mol. The average molecular weight is 304 g/mol. The van der Waals surface area contributed by atoms with Crippen molar-refractivity contribution in [2.75, 3.05) is 26.7 Å². The van der Waals surface area contributed by atoms with E-state index in [2.05, 4.69) is 14.9 Å². The molecule has 2 fully saturated rings. The van der Waals surface area contributed by atoms with Crippen LogP contribution in [-0.4, -0.2) is 57.9 Å². The number of nitrogens with zero attached hydrogens (tertiary/aromatic N) is 3. The summed E-state index contributed by atoms with van der Waals surface area (Å²) in [6, 6.07) is 0. The lowest BCUT2D eigenvalue weighted by molar-refractivity contribution is 0.00961. The van der Waals surface area contributed by atoms with Crippen LogP contribution in [-0.2, 0) is 0 Å². The molecule has 0 radical (unpaired) electrons. The number of piperidine rings is 1. The van der Waals surface area contributed by atoms with E-state index < -0.39 is 0 Å². The van der Waals surface area contributed by atoms with Gasteiger partial charge in [-0.05, 0) is 38.8 Å². The lowest BCUT2D eigenvalue weighted by atomic mass is 9.78. The first kappa shape index (κ1) is 15.5. The predicted octanol–water partition coefficient (Wildman–Crippen LogP) is 2.67. The molecule has 0 spiro atoms. The Morgan fingerprint density at radius 1 is 1.23 bits per heavy atom. The summed E-state index contributed by atoms with van der Waals surface area (Å²) in [5.74, 6) is 0.457.